The predicted octanol–water partition coefficient (Wildman–Crippen LogP) is 3.24. The second kappa shape index (κ2) is 4.21. The van der Waals surface area contributed by atoms with Gasteiger partial charge in [-0.1, -0.05) is 29.8 Å². The van der Waals surface area contributed by atoms with Gasteiger partial charge in [0.05, 0.1) is 0 Å². The van der Waals surface area contributed by atoms with E-state index in [4.69, 9.17) is 0 Å². The third-order valence-corrected chi connectivity index (χ3v) is 4.13. The quantitative estimate of drug-likeness (QED) is 0.813. The maximum Gasteiger partial charge on any atom is 0.00683 e. The summed E-state index contributed by atoms with van der Waals surface area (Å²) in [5, 5.41) is 3.67. The molecule has 1 heteroatoms. The van der Waals surface area contributed by atoms with Crippen LogP contribution in [0.1, 0.15) is 42.7 Å². The molecule has 0 spiro atoms. The average molecular weight is 215 g/mol. The topological polar surface area (TPSA) is 12.0 Å². The van der Waals surface area contributed by atoms with E-state index in [9.17, 15) is 0 Å². The van der Waals surface area contributed by atoms with E-state index in [1.807, 2.05) is 0 Å². The van der Waals surface area contributed by atoms with Crippen molar-refractivity contribution in [3.8, 4) is 0 Å². The Balaban J connectivity index is 1.61. The van der Waals surface area contributed by atoms with E-state index in [1.165, 1.54) is 37.8 Å². The first-order valence-electron chi connectivity index (χ1n) is 6.63. The lowest BCUT2D eigenvalue weighted by Crippen LogP contribution is -2.34. The largest absolute Gasteiger partial charge is 0.314 e. The fourth-order valence-electron chi connectivity index (χ4n) is 2.76. The molecule has 0 aromatic heterocycles. The summed E-state index contributed by atoms with van der Waals surface area (Å²) in [6.07, 6.45) is 5.61. The minimum atomic E-state index is 0.825. The number of benzene rings is 1. The van der Waals surface area contributed by atoms with Crippen molar-refractivity contribution < 1.29 is 0 Å². The van der Waals surface area contributed by atoms with E-state index in [0.29, 0.717) is 0 Å². The first kappa shape index (κ1) is 10.3. The Morgan fingerprint density at radius 2 is 2.06 bits per heavy atom. The van der Waals surface area contributed by atoms with Gasteiger partial charge in [0.2, 0.25) is 0 Å². The van der Waals surface area contributed by atoms with Gasteiger partial charge >= 0.3 is 0 Å². The molecular weight excluding hydrogens is 194 g/mol. The van der Waals surface area contributed by atoms with E-state index >= 15 is 0 Å². The lowest BCUT2D eigenvalue weighted by atomic mass is 9.70. The Morgan fingerprint density at radius 3 is 2.69 bits per heavy atom. The fourth-order valence-corrected chi connectivity index (χ4v) is 2.76. The lowest BCUT2D eigenvalue weighted by Gasteiger charge is -2.37. The summed E-state index contributed by atoms with van der Waals surface area (Å²) in [5.74, 6) is 1.72. The van der Waals surface area contributed by atoms with Crippen molar-refractivity contribution in [3.05, 3.63) is 35.4 Å². The van der Waals surface area contributed by atoms with Crippen LogP contribution in [0.3, 0.4) is 0 Å². The van der Waals surface area contributed by atoms with Crippen molar-refractivity contribution in [1.82, 2.24) is 5.32 Å². The minimum Gasteiger partial charge on any atom is -0.314 e. The van der Waals surface area contributed by atoms with Gasteiger partial charge in [-0.3, -0.25) is 0 Å². The highest BCUT2D eigenvalue weighted by atomic mass is 14.9. The maximum absolute atomic E-state index is 3.67. The molecule has 86 valence electrons. The van der Waals surface area contributed by atoms with Gasteiger partial charge in [0, 0.05) is 6.04 Å². The number of hydrogen-bond donors (Lipinski definition) is 1. The van der Waals surface area contributed by atoms with E-state index in [-0.39, 0.29) is 0 Å². The summed E-state index contributed by atoms with van der Waals surface area (Å²) in [7, 11) is 0. The third kappa shape index (κ3) is 2.15. The molecule has 0 saturated heterocycles. The first-order chi connectivity index (χ1) is 7.83. The second-order valence-corrected chi connectivity index (χ2v) is 5.54. The number of aryl methyl sites for hydroxylation is 1. The second-order valence-electron chi connectivity index (χ2n) is 5.54. The first-order valence-corrected chi connectivity index (χ1v) is 6.63. The molecule has 0 radical (unpaired) electrons. The van der Waals surface area contributed by atoms with E-state index in [2.05, 4.69) is 36.5 Å². The van der Waals surface area contributed by atoms with Crippen LogP contribution in [-0.2, 0) is 0 Å². The van der Waals surface area contributed by atoms with Gasteiger partial charge in [0.1, 0.15) is 0 Å². The van der Waals surface area contributed by atoms with Gasteiger partial charge < -0.3 is 5.32 Å². The van der Waals surface area contributed by atoms with Crippen LogP contribution in [-0.4, -0.2) is 12.6 Å². The number of nitrogens with one attached hydrogen (secondary N) is 1. The summed E-state index contributed by atoms with van der Waals surface area (Å²) in [4.78, 5) is 0. The Bertz CT molecular complexity index is 367. The highest BCUT2D eigenvalue weighted by Gasteiger charge is 2.33. The molecule has 1 N–H and O–H groups in total. The van der Waals surface area contributed by atoms with Crippen molar-refractivity contribution in [3.63, 3.8) is 0 Å². The van der Waals surface area contributed by atoms with Crippen molar-refractivity contribution in [1.29, 1.82) is 0 Å². The van der Waals surface area contributed by atoms with Crippen molar-refractivity contribution in [2.45, 2.75) is 44.6 Å². The summed E-state index contributed by atoms with van der Waals surface area (Å²) in [6, 6.07) is 9.93. The monoisotopic (exact) mass is 215 g/mol. The van der Waals surface area contributed by atoms with E-state index < -0.39 is 0 Å². The molecule has 0 heterocycles. The van der Waals surface area contributed by atoms with Crippen molar-refractivity contribution in [2.24, 2.45) is 5.92 Å². The van der Waals surface area contributed by atoms with Gasteiger partial charge in [0.25, 0.3) is 0 Å². The van der Waals surface area contributed by atoms with Crippen LogP contribution >= 0.6 is 0 Å². The fraction of sp³-hybridized carbons (Fsp3) is 0.600. The smallest absolute Gasteiger partial charge is 0.00683 e. The molecule has 2 atom stereocenters. The zero-order valence-electron chi connectivity index (χ0n) is 10.1. The van der Waals surface area contributed by atoms with Crippen LogP contribution in [0, 0.1) is 12.8 Å². The van der Waals surface area contributed by atoms with Crippen LogP contribution in [0.5, 0.6) is 0 Å². The molecular formula is C15H21N. The summed E-state index contributed by atoms with van der Waals surface area (Å²) >= 11 is 0. The van der Waals surface area contributed by atoms with Crippen LogP contribution in [0.2, 0.25) is 0 Å². The zero-order chi connectivity index (χ0) is 11.0. The summed E-state index contributed by atoms with van der Waals surface area (Å²) in [5.41, 5.74) is 2.96. The Hall–Kier alpha value is -0.820. The zero-order valence-corrected chi connectivity index (χ0v) is 10.1. The Morgan fingerprint density at radius 1 is 1.19 bits per heavy atom. The minimum absolute atomic E-state index is 0.825. The van der Waals surface area contributed by atoms with E-state index in [1.54, 1.807) is 5.56 Å². The molecule has 1 aromatic carbocycles. The Labute approximate surface area is 98.3 Å². The van der Waals surface area contributed by atoms with Crippen molar-refractivity contribution in [2.75, 3.05) is 6.54 Å². The number of rotatable bonds is 4. The molecule has 0 bridgehead atoms. The molecule has 2 aliphatic rings. The number of hydrogen-bond acceptors (Lipinski definition) is 1. The molecule has 0 amide bonds. The van der Waals surface area contributed by atoms with Crippen LogP contribution < -0.4 is 5.32 Å². The van der Waals surface area contributed by atoms with Gasteiger partial charge in [-0.15, -0.1) is 0 Å². The average Bonchev–Trinajstić information content (AvgIpc) is 3.00. The van der Waals surface area contributed by atoms with Gasteiger partial charge in [-0.25, -0.2) is 0 Å². The third-order valence-electron chi connectivity index (χ3n) is 4.13. The Kier molecular flexibility index (Phi) is 2.72. The molecule has 3 rings (SSSR count). The maximum atomic E-state index is 3.67. The van der Waals surface area contributed by atoms with E-state index in [0.717, 1.165) is 17.9 Å². The van der Waals surface area contributed by atoms with Crippen molar-refractivity contribution >= 4 is 0 Å². The summed E-state index contributed by atoms with van der Waals surface area (Å²) in [6.45, 7) is 3.43. The van der Waals surface area contributed by atoms with Crippen LogP contribution in [0.25, 0.3) is 0 Å². The molecule has 2 aliphatic carbocycles. The highest BCUT2D eigenvalue weighted by molar-refractivity contribution is 5.27. The van der Waals surface area contributed by atoms with Gasteiger partial charge in [0.15, 0.2) is 0 Å². The predicted molar refractivity (Wildman–Crippen MR) is 67.7 cm³/mol. The SMILES string of the molecule is Cc1cccc(C2CCC2CNC2CC2)c1. The van der Waals surface area contributed by atoms with Gasteiger partial charge in [-0.05, 0) is 56.6 Å². The molecule has 2 fully saturated rings. The van der Waals surface area contributed by atoms with Crippen LogP contribution in [0.4, 0.5) is 0 Å². The molecule has 1 nitrogen and oxygen atoms in total. The molecule has 0 aliphatic heterocycles. The molecule has 2 unspecified atom stereocenters. The molecule has 2 saturated carbocycles. The normalized spacial score (nSPS) is 28.8. The van der Waals surface area contributed by atoms with Gasteiger partial charge in [-0.2, -0.15) is 0 Å². The standard InChI is InChI=1S/C15H21N/c1-11-3-2-4-12(9-11)15-8-5-13(15)10-16-14-6-7-14/h2-4,9,13-16H,5-8,10H2,1H3. The molecule has 1 aromatic rings. The van der Waals surface area contributed by atoms with Crippen LogP contribution in [0.15, 0.2) is 24.3 Å². The lowest BCUT2D eigenvalue weighted by molar-refractivity contribution is 0.245. The summed E-state index contributed by atoms with van der Waals surface area (Å²) < 4.78 is 0. The highest BCUT2D eigenvalue weighted by Crippen LogP contribution is 2.42. The molecule has 16 heavy (non-hydrogen) atoms.